The molecule has 0 amide bonds. The van der Waals surface area contributed by atoms with E-state index in [0.29, 0.717) is 12.8 Å². The summed E-state index contributed by atoms with van der Waals surface area (Å²) >= 11 is 0. The van der Waals surface area contributed by atoms with Gasteiger partial charge in [0, 0.05) is 6.42 Å². The second kappa shape index (κ2) is 21.7. The zero-order valence-corrected chi connectivity index (χ0v) is 28.5. The lowest BCUT2D eigenvalue weighted by atomic mass is 9.96. The Bertz CT molecular complexity index is 820. The van der Waals surface area contributed by atoms with E-state index in [1.54, 1.807) is 0 Å². The first-order chi connectivity index (χ1) is 21.8. The maximum Gasteiger partial charge on any atom is 0.309 e. The second-order valence-electron chi connectivity index (χ2n) is 14.4. The van der Waals surface area contributed by atoms with E-state index < -0.39 is 12.2 Å². The molecular weight excluding hydrogens is 572 g/mol. The summed E-state index contributed by atoms with van der Waals surface area (Å²) in [5.74, 6) is -0.362. The first kappa shape index (κ1) is 38.4. The normalized spacial score (nSPS) is 28.8. The van der Waals surface area contributed by atoms with E-state index in [2.05, 4.69) is 0 Å². The van der Waals surface area contributed by atoms with Crippen LogP contribution >= 0.6 is 0 Å². The predicted octanol–water partition coefficient (Wildman–Crippen LogP) is 7.12. The van der Waals surface area contributed by atoms with Gasteiger partial charge in [0.05, 0.1) is 48.6 Å². The lowest BCUT2D eigenvalue weighted by molar-refractivity contribution is -0.145. The van der Waals surface area contributed by atoms with Gasteiger partial charge in [0.15, 0.2) is 0 Å². The summed E-state index contributed by atoms with van der Waals surface area (Å²) in [6.07, 6.45) is 22.4. The Balaban J connectivity index is 1.13. The van der Waals surface area contributed by atoms with Gasteiger partial charge in [-0.1, -0.05) is 84.0 Å². The van der Waals surface area contributed by atoms with E-state index in [9.17, 15) is 24.9 Å². The Morgan fingerprint density at radius 2 is 1.18 bits per heavy atom. The minimum atomic E-state index is -0.414. The largest absolute Gasteiger partial charge is 0.462 e. The molecule has 0 spiro atoms. The van der Waals surface area contributed by atoms with Gasteiger partial charge in [-0.05, 0) is 77.6 Å². The van der Waals surface area contributed by atoms with E-state index >= 15 is 0 Å². The van der Waals surface area contributed by atoms with Gasteiger partial charge in [-0.2, -0.15) is 0 Å². The Kier molecular flexibility index (Phi) is 18.5. The van der Waals surface area contributed by atoms with E-state index in [0.717, 1.165) is 116 Å². The molecule has 262 valence electrons. The molecule has 3 N–H and O–H groups in total. The molecular formula is C37H66O8. The highest BCUT2D eigenvalue weighted by Crippen LogP contribution is 2.35. The minimum absolute atomic E-state index is 0.00361. The first-order valence-electron chi connectivity index (χ1n) is 18.8. The number of hydrogen-bond acceptors (Lipinski definition) is 8. The zero-order chi connectivity index (χ0) is 32.4. The quantitative estimate of drug-likeness (QED) is 0.0714. The molecule has 0 saturated carbocycles. The van der Waals surface area contributed by atoms with Gasteiger partial charge in [-0.15, -0.1) is 0 Å². The fraction of sp³-hybridized carbons (Fsp3) is 0.946. The predicted molar refractivity (Wildman–Crippen MR) is 176 cm³/mol. The van der Waals surface area contributed by atoms with Gasteiger partial charge in [-0.25, -0.2) is 0 Å². The fourth-order valence-corrected chi connectivity index (χ4v) is 7.53. The molecule has 3 aliphatic rings. The van der Waals surface area contributed by atoms with Crippen LogP contribution in [0.1, 0.15) is 168 Å². The topological polar surface area (TPSA) is 123 Å². The molecule has 3 heterocycles. The third-order valence-electron chi connectivity index (χ3n) is 10.4. The number of aliphatic hydroxyl groups is 3. The molecule has 8 heteroatoms. The number of rotatable bonds is 25. The monoisotopic (exact) mass is 638 g/mol. The van der Waals surface area contributed by atoms with Crippen LogP contribution in [0, 0.1) is 5.92 Å². The van der Waals surface area contributed by atoms with Gasteiger partial charge in [0.25, 0.3) is 0 Å². The van der Waals surface area contributed by atoms with Crippen molar-refractivity contribution in [2.75, 3.05) is 0 Å². The van der Waals surface area contributed by atoms with Gasteiger partial charge in [-0.3, -0.25) is 4.79 Å². The van der Waals surface area contributed by atoms with Gasteiger partial charge < -0.3 is 34.3 Å². The van der Waals surface area contributed by atoms with Crippen LogP contribution in [-0.2, 0) is 23.8 Å². The molecule has 3 rings (SSSR count). The minimum Gasteiger partial charge on any atom is -0.462 e. The summed E-state index contributed by atoms with van der Waals surface area (Å²) in [5, 5.41) is 31.1. The van der Waals surface area contributed by atoms with Crippen LogP contribution < -0.4 is 0 Å². The number of ketones is 1. The lowest BCUT2D eigenvalue weighted by Crippen LogP contribution is -2.33. The summed E-state index contributed by atoms with van der Waals surface area (Å²) < 4.78 is 18.0. The molecule has 45 heavy (non-hydrogen) atoms. The highest BCUT2D eigenvalue weighted by Gasteiger charge is 2.40. The van der Waals surface area contributed by atoms with Crippen molar-refractivity contribution in [1.82, 2.24) is 0 Å². The molecule has 3 saturated heterocycles. The summed E-state index contributed by atoms with van der Waals surface area (Å²) in [4.78, 5) is 23.1. The molecule has 0 aromatic carbocycles. The highest BCUT2D eigenvalue weighted by atomic mass is 16.6. The molecule has 3 fully saturated rings. The van der Waals surface area contributed by atoms with Crippen molar-refractivity contribution in [3.63, 3.8) is 0 Å². The molecule has 0 bridgehead atoms. The molecule has 3 aliphatic heterocycles. The number of esters is 1. The van der Waals surface area contributed by atoms with Crippen LogP contribution in [0.25, 0.3) is 0 Å². The van der Waals surface area contributed by atoms with Crippen molar-refractivity contribution in [1.29, 1.82) is 0 Å². The average Bonchev–Trinajstić information content (AvgIpc) is 3.77. The zero-order valence-electron chi connectivity index (χ0n) is 28.5. The number of cyclic esters (lactones) is 1. The van der Waals surface area contributed by atoms with Crippen LogP contribution in [0.4, 0.5) is 0 Å². The number of unbranched alkanes of at least 4 members (excludes halogenated alkanes) is 11. The van der Waals surface area contributed by atoms with Crippen LogP contribution in [0.15, 0.2) is 0 Å². The summed E-state index contributed by atoms with van der Waals surface area (Å²) in [6.45, 7) is 3.55. The summed E-state index contributed by atoms with van der Waals surface area (Å²) in [5.41, 5.74) is 0. The third kappa shape index (κ3) is 14.7. The molecule has 3 unspecified atom stereocenters. The van der Waals surface area contributed by atoms with E-state index in [1.807, 2.05) is 6.92 Å². The van der Waals surface area contributed by atoms with Crippen LogP contribution in [0.5, 0.6) is 0 Å². The van der Waals surface area contributed by atoms with Crippen molar-refractivity contribution < 1.29 is 39.1 Å². The number of Topliss-reactive ketones (excluding diaryl/α,β-unsaturated/α-hetero) is 1. The third-order valence-corrected chi connectivity index (χ3v) is 10.4. The van der Waals surface area contributed by atoms with Crippen LogP contribution in [0.3, 0.4) is 0 Å². The first-order valence-corrected chi connectivity index (χ1v) is 18.8. The molecule has 9 atom stereocenters. The summed E-state index contributed by atoms with van der Waals surface area (Å²) in [7, 11) is 0. The van der Waals surface area contributed by atoms with Crippen molar-refractivity contribution in [2.45, 2.75) is 217 Å². The number of hydrogen-bond donors (Lipinski definition) is 3. The van der Waals surface area contributed by atoms with Crippen LogP contribution in [0.2, 0.25) is 0 Å². The smallest absolute Gasteiger partial charge is 0.309 e. The number of carbonyl (C=O) groups is 2. The highest BCUT2D eigenvalue weighted by molar-refractivity contribution is 5.83. The average molecular weight is 639 g/mol. The molecule has 0 aromatic heterocycles. The van der Waals surface area contributed by atoms with Gasteiger partial charge in [0.2, 0.25) is 0 Å². The van der Waals surface area contributed by atoms with Crippen molar-refractivity contribution >= 4 is 11.8 Å². The maximum atomic E-state index is 11.9. The maximum absolute atomic E-state index is 11.9. The Morgan fingerprint density at radius 3 is 1.67 bits per heavy atom. The molecule has 8 nitrogen and oxygen atoms in total. The Labute approximate surface area is 273 Å². The molecule has 0 aromatic rings. The molecule has 0 aliphatic carbocycles. The Morgan fingerprint density at radius 1 is 0.711 bits per heavy atom. The number of aliphatic hydroxyl groups excluding tert-OH is 3. The fourth-order valence-electron chi connectivity index (χ4n) is 7.53. The number of ether oxygens (including phenoxy) is 3. The second-order valence-corrected chi connectivity index (χ2v) is 14.4. The SMILES string of the molecule is CCC(O)CCCCCCC[C@H](O)[C@H]1CC[C@H]([C@H]2CC[C@H]([C@H](O)CCCCCCCCCCC3CC(CC(C)=O)C(=O)O3)O2)O1. The van der Waals surface area contributed by atoms with E-state index in [4.69, 9.17) is 14.2 Å². The van der Waals surface area contributed by atoms with Crippen molar-refractivity contribution in [3.8, 4) is 0 Å². The van der Waals surface area contributed by atoms with E-state index in [-0.39, 0.29) is 54.3 Å². The standard InChI is InChI=1S/C37H66O8/c1-3-29(39)17-13-9-8-12-16-20-32(41)34-22-24-36(45-34)35-23-21-33(44-35)31(40)19-15-11-7-5-4-6-10-14-18-30-26-28(25-27(2)38)37(42)43-30/h28-36,39-41H,3-26H2,1-2H3/t28?,29?,30?,31-,32+,33-,34-,35-,36-/m1/s1. The molecule has 0 radical (unpaired) electrons. The van der Waals surface area contributed by atoms with E-state index in [1.165, 1.54) is 32.6 Å². The van der Waals surface area contributed by atoms with Gasteiger partial charge in [0.1, 0.15) is 11.9 Å². The summed E-state index contributed by atoms with van der Waals surface area (Å²) in [6, 6.07) is 0. The van der Waals surface area contributed by atoms with Gasteiger partial charge >= 0.3 is 5.97 Å². The Hall–Kier alpha value is -1.06. The van der Waals surface area contributed by atoms with Crippen molar-refractivity contribution in [3.05, 3.63) is 0 Å². The number of carbonyl (C=O) groups excluding carboxylic acids is 2. The van der Waals surface area contributed by atoms with Crippen molar-refractivity contribution in [2.24, 2.45) is 5.92 Å². The van der Waals surface area contributed by atoms with Crippen LogP contribution in [-0.4, -0.2) is 75.9 Å². The lowest BCUT2D eigenvalue weighted by Gasteiger charge is -2.24.